The lowest BCUT2D eigenvalue weighted by Gasteiger charge is -2.24. The van der Waals surface area contributed by atoms with E-state index < -0.39 is 0 Å². The van der Waals surface area contributed by atoms with Crippen LogP contribution in [0.5, 0.6) is 0 Å². The summed E-state index contributed by atoms with van der Waals surface area (Å²) in [5.41, 5.74) is 3.05. The molecule has 3 aromatic rings. The van der Waals surface area contributed by atoms with Crippen molar-refractivity contribution in [2.45, 2.75) is 10.3 Å². The van der Waals surface area contributed by atoms with Crippen molar-refractivity contribution in [2.75, 3.05) is 17.3 Å². The van der Waals surface area contributed by atoms with Gasteiger partial charge < -0.3 is 5.32 Å². The highest BCUT2D eigenvalue weighted by molar-refractivity contribution is 8.00. The fourth-order valence-electron chi connectivity index (χ4n) is 3.07. The Labute approximate surface area is 150 Å². The van der Waals surface area contributed by atoms with E-state index in [1.165, 1.54) is 10.5 Å². The number of thioether (sulfide) groups is 2. The Bertz CT molecular complexity index is 900. The van der Waals surface area contributed by atoms with Crippen molar-refractivity contribution in [1.82, 2.24) is 0 Å². The zero-order valence-electron chi connectivity index (χ0n) is 13.3. The summed E-state index contributed by atoms with van der Waals surface area (Å²) >= 11 is 3.39. The molecule has 1 heterocycles. The molecular weight excluding hydrogens is 334 g/mol. The first-order chi connectivity index (χ1) is 11.8. The van der Waals surface area contributed by atoms with E-state index in [1.807, 2.05) is 18.2 Å². The number of carbonyl (C=O) groups is 1. The molecule has 24 heavy (non-hydrogen) atoms. The van der Waals surface area contributed by atoms with Gasteiger partial charge in [-0.05, 0) is 35.4 Å². The maximum absolute atomic E-state index is 12.7. The van der Waals surface area contributed by atoms with E-state index in [1.54, 1.807) is 23.5 Å². The fraction of sp³-hybridized carbons (Fsp3) is 0.150. The molecule has 0 amide bonds. The second-order valence-corrected chi connectivity index (χ2v) is 7.71. The van der Waals surface area contributed by atoms with Gasteiger partial charge in [0.2, 0.25) is 0 Å². The van der Waals surface area contributed by atoms with E-state index in [2.05, 4.69) is 54.0 Å². The van der Waals surface area contributed by atoms with Crippen LogP contribution >= 0.6 is 23.5 Å². The van der Waals surface area contributed by atoms with Crippen molar-refractivity contribution in [2.24, 2.45) is 0 Å². The molecule has 3 aromatic carbocycles. The summed E-state index contributed by atoms with van der Waals surface area (Å²) in [6, 6.07) is 20.7. The van der Waals surface area contributed by atoms with E-state index in [9.17, 15) is 4.79 Å². The predicted molar refractivity (Wildman–Crippen MR) is 105 cm³/mol. The third-order valence-electron chi connectivity index (χ3n) is 4.29. The SMILES string of the molecule is CSc1ccc(C2Nc3cccc4cccc(c34)C(=O)CS2)cc1. The molecule has 1 unspecified atom stereocenters. The number of benzene rings is 3. The summed E-state index contributed by atoms with van der Waals surface area (Å²) in [6.45, 7) is 0. The van der Waals surface area contributed by atoms with Crippen LogP contribution in [0.15, 0.2) is 65.6 Å². The predicted octanol–water partition coefficient (Wildman–Crippen LogP) is 5.60. The molecule has 1 aliphatic rings. The smallest absolute Gasteiger partial charge is 0.173 e. The van der Waals surface area contributed by atoms with Crippen LogP contribution in [-0.4, -0.2) is 17.8 Å². The molecule has 0 radical (unpaired) electrons. The van der Waals surface area contributed by atoms with Gasteiger partial charge in [0.05, 0.1) is 11.1 Å². The summed E-state index contributed by atoms with van der Waals surface area (Å²) in [5, 5.41) is 5.86. The molecule has 1 aliphatic heterocycles. The molecule has 1 N–H and O–H groups in total. The van der Waals surface area contributed by atoms with E-state index >= 15 is 0 Å². The van der Waals surface area contributed by atoms with Gasteiger partial charge in [-0.3, -0.25) is 4.79 Å². The first kappa shape index (κ1) is 15.6. The molecule has 0 saturated carbocycles. The number of ketones is 1. The van der Waals surface area contributed by atoms with E-state index in [-0.39, 0.29) is 11.2 Å². The first-order valence-electron chi connectivity index (χ1n) is 7.83. The van der Waals surface area contributed by atoms with Crippen molar-refractivity contribution in [3.8, 4) is 0 Å². The fourth-order valence-corrected chi connectivity index (χ4v) is 4.51. The minimum atomic E-state index is 0.0730. The highest BCUT2D eigenvalue weighted by Crippen LogP contribution is 2.38. The van der Waals surface area contributed by atoms with E-state index in [0.29, 0.717) is 5.75 Å². The van der Waals surface area contributed by atoms with Crippen LogP contribution in [0.4, 0.5) is 5.69 Å². The van der Waals surface area contributed by atoms with Crippen molar-refractivity contribution in [3.63, 3.8) is 0 Å². The largest absolute Gasteiger partial charge is 0.369 e. The Morgan fingerprint density at radius 3 is 2.54 bits per heavy atom. The number of rotatable bonds is 2. The normalized spacial score (nSPS) is 17.2. The molecule has 0 fully saturated rings. The van der Waals surface area contributed by atoms with Gasteiger partial charge in [0.1, 0.15) is 0 Å². The molecule has 120 valence electrons. The second kappa shape index (κ2) is 6.54. The van der Waals surface area contributed by atoms with Gasteiger partial charge in [0, 0.05) is 21.5 Å². The summed E-state index contributed by atoms with van der Waals surface area (Å²) in [7, 11) is 0. The van der Waals surface area contributed by atoms with E-state index in [0.717, 1.165) is 22.0 Å². The number of hydrogen-bond acceptors (Lipinski definition) is 4. The molecule has 0 aliphatic carbocycles. The second-order valence-electron chi connectivity index (χ2n) is 5.74. The topological polar surface area (TPSA) is 29.1 Å². The molecular formula is C20H17NOS2. The average molecular weight is 351 g/mol. The molecule has 0 aromatic heterocycles. The Hall–Kier alpha value is -1.91. The van der Waals surface area contributed by atoms with Crippen LogP contribution in [0.25, 0.3) is 10.8 Å². The van der Waals surface area contributed by atoms with Crippen molar-refractivity contribution < 1.29 is 4.79 Å². The highest BCUT2D eigenvalue weighted by Gasteiger charge is 2.21. The van der Waals surface area contributed by atoms with Gasteiger partial charge in [0.25, 0.3) is 0 Å². The van der Waals surface area contributed by atoms with Gasteiger partial charge in [-0.15, -0.1) is 23.5 Å². The summed E-state index contributed by atoms with van der Waals surface area (Å²) in [4.78, 5) is 13.9. The number of Topliss-reactive ketones (excluding diaryl/α,β-unsaturated/α-hetero) is 1. The standard InChI is InChI=1S/C20H17NOS2/c1-23-15-10-8-14(9-11-15)20-21-17-7-3-5-13-4-2-6-16(19(13)17)18(22)12-24-20/h2-11,20-21H,12H2,1H3. The van der Waals surface area contributed by atoms with Gasteiger partial charge >= 0.3 is 0 Å². The minimum Gasteiger partial charge on any atom is -0.369 e. The monoisotopic (exact) mass is 351 g/mol. The van der Waals surface area contributed by atoms with Crippen molar-refractivity contribution >= 4 is 45.8 Å². The maximum Gasteiger partial charge on any atom is 0.173 e. The summed E-state index contributed by atoms with van der Waals surface area (Å²) in [6.07, 6.45) is 2.08. The van der Waals surface area contributed by atoms with Gasteiger partial charge in [-0.1, -0.05) is 42.5 Å². The van der Waals surface area contributed by atoms with Crippen molar-refractivity contribution in [3.05, 3.63) is 71.8 Å². The van der Waals surface area contributed by atoms with Crippen LogP contribution < -0.4 is 5.32 Å². The Morgan fingerprint density at radius 1 is 1.04 bits per heavy atom. The molecule has 1 atom stereocenters. The molecule has 4 heteroatoms. The lowest BCUT2D eigenvalue weighted by molar-refractivity contribution is 0.102. The van der Waals surface area contributed by atoms with Gasteiger partial charge in [-0.2, -0.15) is 0 Å². The first-order valence-corrected chi connectivity index (χ1v) is 10.1. The van der Waals surface area contributed by atoms with Crippen LogP contribution in [0, 0.1) is 0 Å². The van der Waals surface area contributed by atoms with Gasteiger partial charge in [0.15, 0.2) is 5.78 Å². The zero-order chi connectivity index (χ0) is 16.5. The van der Waals surface area contributed by atoms with Crippen LogP contribution in [0.1, 0.15) is 21.3 Å². The number of nitrogens with one attached hydrogen (secondary N) is 1. The quantitative estimate of drug-likeness (QED) is 0.608. The van der Waals surface area contributed by atoms with Crippen molar-refractivity contribution in [1.29, 1.82) is 0 Å². The Kier molecular flexibility index (Phi) is 4.25. The lowest BCUT2D eigenvalue weighted by atomic mass is 10.00. The van der Waals surface area contributed by atoms with Crippen LogP contribution in [0.2, 0.25) is 0 Å². The molecule has 2 nitrogen and oxygen atoms in total. The minimum absolute atomic E-state index is 0.0730. The van der Waals surface area contributed by atoms with Crippen LogP contribution in [-0.2, 0) is 0 Å². The highest BCUT2D eigenvalue weighted by atomic mass is 32.2. The average Bonchev–Trinajstić information content (AvgIpc) is 2.63. The molecule has 0 saturated heterocycles. The number of hydrogen-bond donors (Lipinski definition) is 1. The molecule has 0 spiro atoms. The number of anilines is 1. The molecule has 4 rings (SSSR count). The summed E-state index contributed by atoms with van der Waals surface area (Å²) < 4.78 is 0. The Morgan fingerprint density at radius 2 is 1.79 bits per heavy atom. The van der Waals surface area contributed by atoms with Gasteiger partial charge in [-0.25, -0.2) is 0 Å². The molecule has 0 bridgehead atoms. The maximum atomic E-state index is 12.7. The third-order valence-corrected chi connectivity index (χ3v) is 6.19. The lowest BCUT2D eigenvalue weighted by Crippen LogP contribution is -2.15. The summed E-state index contributed by atoms with van der Waals surface area (Å²) in [5.74, 6) is 0.681. The van der Waals surface area contributed by atoms with E-state index in [4.69, 9.17) is 0 Å². The zero-order valence-corrected chi connectivity index (χ0v) is 14.9. The van der Waals surface area contributed by atoms with Crippen LogP contribution in [0.3, 0.4) is 0 Å². The third kappa shape index (κ3) is 2.80. The number of carbonyl (C=O) groups excluding carboxylic acids is 1. The Balaban J connectivity index is 1.80.